The van der Waals surface area contributed by atoms with Crippen LogP contribution in [0.5, 0.6) is 0 Å². The number of nitrogens with zero attached hydrogens (tertiary/aromatic N) is 2. The van der Waals surface area contributed by atoms with E-state index in [2.05, 4.69) is 10.2 Å². The van der Waals surface area contributed by atoms with E-state index in [1.54, 1.807) is 0 Å². The van der Waals surface area contributed by atoms with Crippen molar-refractivity contribution >= 4 is 11.9 Å². The Morgan fingerprint density at radius 1 is 1.35 bits per heavy atom. The van der Waals surface area contributed by atoms with Gasteiger partial charge in [-0.3, -0.25) is 5.10 Å². The van der Waals surface area contributed by atoms with Crippen LogP contribution in [-0.2, 0) is 4.74 Å². The fourth-order valence-corrected chi connectivity index (χ4v) is 3.19. The minimum absolute atomic E-state index is 0.0268. The number of nitrogens with one attached hydrogen (secondary N) is 1. The number of hydrogen-bond acceptors (Lipinski definition) is 4. The van der Waals surface area contributed by atoms with Crippen molar-refractivity contribution < 1.29 is 9.53 Å². The molecule has 1 saturated carbocycles. The van der Waals surface area contributed by atoms with E-state index in [-0.39, 0.29) is 12.2 Å². The molecule has 20 heavy (non-hydrogen) atoms. The van der Waals surface area contributed by atoms with E-state index in [0.717, 1.165) is 50.9 Å². The molecule has 0 unspecified atom stereocenters. The molecule has 2 aliphatic rings. The molecule has 1 aromatic heterocycles. The summed E-state index contributed by atoms with van der Waals surface area (Å²) >= 11 is 0. The molecule has 2 fully saturated rings. The van der Waals surface area contributed by atoms with Crippen LogP contribution in [0.3, 0.4) is 0 Å². The Kier molecular flexibility index (Phi) is 3.80. The number of piperidine rings is 1. The predicted octanol–water partition coefficient (Wildman–Crippen LogP) is 2.25. The van der Waals surface area contributed by atoms with Gasteiger partial charge in [-0.15, -0.1) is 0 Å². The number of amides is 1. The van der Waals surface area contributed by atoms with Gasteiger partial charge in [0.2, 0.25) is 0 Å². The Morgan fingerprint density at radius 3 is 2.85 bits per heavy atom. The molecular formula is C14H22N4O2. The molecule has 1 amide bonds. The quantitative estimate of drug-likeness (QED) is 0.869. The van der Waals surface area contributed by atoms with Crippen LogP contribution in [0.1, 0.15) is 50.1 Å². The van der Waals surface area contributed by atoms with Gasteiger partial charge in [0.15, 0.2) is 0 Å². The number of aromatic nitrogens is 2. The summed E-state index contributed by atoms with van der Waals surface area (Å²) in [5.41, 5.74) is 6.68. The normalized spacial score (nSPS) is 26.7. The number of carbonyl (C=O) groups excluding carboxylic acids is 1. The lowest BCUT2D eigenvalue weighted by atomic mass is 10.0. The van der Waals surface area contributed by atoms with Crippen LogP contribution in [0.4, 0.5) is 10.6 Å². The highest BCUT2D eigenvalue weighted by Gasteiger charge is 2.31. The highest BCUT2D eigenvalue weighted by atomic mass is 16.6. The number of H-pyrrole nitrogens is 1. The summed E-state index contributed by atoms with van der Waals surface area (Å²) in [6.07, 6.45) is 6.09. The summed E-state index contributed by atoms with van der Waals surface area (Å²) in [6.45, 7) is 1.68. The Hall–Kier alpha value is -1.72. The number of aromatic amines is 1. The molecule has 1 saturated heterocycles. The highest BCUT2D eigenvalue weighted by Crippen LogP contribution is 2.35. The first-order chi connectivity index (χ1) is 9.72. The van der Waals surface area contributed by atoms with Crippen molar-refractivity contribution in [1.82, 2.24) is 15.1 Å². The molecule has 0 radical (unpaired) electrons. The van der Waals surface area contributed by atoms with Crippen molar-refractivity contribution in [1.29, 1.82) is 0 Å². The first-order valence-corrected chi connectivity index (χ1v) is 7.48. The van der Waals surface area contributed by atoms with E-state index in [4.69, 9.17) is 10.5 Å². The number of ether oxygens (including phenoxy) is 1. The largest absolute Gasteiger partial charge is 0.446 e. The molecule has 2 heterocycles. The topological polar surface area (TPSA) is 84.2 Å². The van der Waals surface area contributed by atoms with Gasteiger partial charge in [0, 0.05) is 30.8 Å². The van der Waals surface area contributed by atoms with E-state index in [0.29, 0.717) is 11.7 Å². The molecule has 1 aliphatic heterocycles. The number of hydrogen-bond donors (Lipinski definition) is 2. The second-order valence-corrected chi connectivity index (χ2v) is 5.81. The summed E-state index contributed by atoms with van der Waals surface area (Å²) < 4.78 is 5.63. The van der Waals surface area contributed by atoms with E-state index in [1.165, 1.54) is 6.42 Å². The zero-order chi connectivity index (χ0) is 13.9. The third-order valence-electron chi connectivity index (χ3n) is 4.32. The maximum absolute atomic E-state index is 12.1. The number of rotatable bonds is 2. The summed E-state index contributed by atoms with van der Waals surface area (Å²) in [7, 11) is 0. The Balaban J connectivity index is 1.51. The molecule has 110 valence electrons. The second-order valence-electron chi connectivity index (χ2n) is 5.81. The maximum atomic E-state index is 12.1. The first-order valence-electron chi connectivity index (χ1n) is 7.48. The third-order valence-corrected chi connectivity index (χ3v) is 4.32. The maximum Gasteiger partial charge on any atom is 0.410 e. The molecule has 3 rings (SSSR count). The fourth-order valence-electron chi connectivity index (χ4n) is 3.19. The van der Waals surface area contributed by atoms with Crippen LogP contribution in [0.25, 0.3) is 0 Å². The number of anilines is 1. The van der Waals surface area contributed by atoms with Gasteiger partial charge in [0.1, 0.15) is 11.9 Å². The van der Waals surface area contributed by atoms with Crippen LogP contribution in [-0.4, -0.2) is 40.4 Å². The van der Waals surface area contributed by atoms with Gasteiger partial charge >= 0.3 is 6.09 Å². The van der Waals surface area contributed by atoms with Crippen LogP contribution >= 0.6 is 0 Å². The molecule has 1 aromatic rings. The van der Waals surface area contributed by atoms with Gasteiger partial charge in [-0.05, 0) is 38.5 Å². The smallest absolute Gasteiger partial charge is 0.410 e. The molecule has 1 aliphatic carbocycles. The molecule has 0 bridgehead atoms. The summed E-state index contributed by atoms with van der Waals surface area (Å²) in [5.74, 6) is 0.896. The van der Waals surface area contributed by atoms with Crippen molar-refractivity contribution in [2.75, 3.05) is 18.8 Å². The second kappa shape index (κ2) is 5.73. The summed E-state index contributed by atoms with van der Waals surface area (Å²) in [4.78, 5) is 13.9. The van der Waals surface area contributed by atoms with Gasteiger partial charge in [-0.25, -0.2) is 4.79 Å². The number of likely N-dealkylation sites (tertiary alicyclic amines) is 1. The Bertz CT molecular complexity index is 467. The van der Waals surface area contributed by atoms with Gasteiger partial charge in [0.05, 0.1) is 0 Å². The van der Waals surface area contributed by atoms with Crippen molar-refractivity contribution in [3.63, 3.8) is 0 Å². The lowest BCUT2D eigenvalue weighted by Crippen LogP contribution is -2.37. The van der Waals surface area contributed by atoms with Crippen molar-refractivity contribution in [2.45, 2.75) is 50.5 Å². The molecule has 3 N–H and O–H groups in total. The molecule has 6 heteroatoms. The number of nitrogens with two attached hydrogens (primary N) is 1. The standard InChI is InChI=1S/C14H22N4O2/c15-13-9-12(16-17-13)10-4-5-11(8-10)20-14(19)18-6-2-1-3-7-18/h9-11H,1-8H2,(H3,15,16,17)/t10-,11+/m0/s1. The number of nitrogen functional groups attached to an aromatic ring is 1. The first kappa shape index (κ1) is 13.3. The van der Waals surface area contributed by atoms with Crippen LogP contribution in [0.15, 0.2) is 6.07 Å². The van der Waals surface area contributed by atoms with Crippen molar-refractivity contribution in [3.8, 4) is 0 Å². The molecule has 2 atom stereocenters. The monoisotopic (exact) mass is 278 g/mol. The zero-order valence-corrected chi connectivity index (χ0v) is 11.7. The van der Waals surface area contributed by atoms with Gasteiger partial charge < -0.3 is 15.4 Å². The molecular weight excluding hydrogens is 256 g/mol. The van der Waals surface area contributed by atoms with E-state index in [1.807, 2.05) is 11.0 Å². The average molecular weight is 278 g/mol. The van der Waals surface area contributed by atoms with Gasteiger partial charge in [-0.1, -0.05) is 0 Å². The van der Waals surface area contributed by atoms with Crippen molar-refractivity contribution in [2.24, 2.45) is 0 Å². The van der Waals surface area contributed by atoms with Crippen LogP contribution < -0.4 is 5.73 Å². The zero-order valence-electron chi connectivity index (χ0n) is 11.7. The minimum Gasteiger partial charge on any atom is -0.446 e. The lowest BCUT2D eigenvalue weighted by molar-refractivity contribution is 0.0597. The van der Waals surface area contributed by atoms with E-state index < -0.39 is 0 Å². The van der Waals surface area contributed by atoms with Crippen LogP contribution in [0.2, 0.25) is 0 Å². The Labute approximate surface area is 118 Å². The minimum atomic E-state index is -0.139. The molecule has 6 nitrogen and oxygen atoms in total. The highest BCUT2D eigenvalue weighted by molar-refractivity contribution is 5.67. The van der Waals surface area contributed by atoms with Crippen molar-refractivity contribution in [3.05, 3.63) is 11.8 Å². The number of carbonyl (C=O) groups is 1. The molecule has 0 spiro atoms. The molecule has 0 aromatic carbocycles. The predicted molar refractivity (Wildman–Crippen MR) is 75.3 cm³/mol. The summed E-state index contributed by atoms with van der Waals surface area (Å²) in [6, 6.07) is 1.87. The van der Waals surface area contributed by atoms with E-state index in [9.17, 15) is 4.79 Å². The van der Waals surface area contributed by atoms with E-state index >= 15 is 0 Å². The van der Waals surface area contributed by atoms with Gasteiger partial charge in [0.25, 0.3) is 0 Å². The SMILES string of the molecule is Nc1cc([C@H]2CC[C@@H](OC(=O)N3CCCCC3)C2)[nH]n1. The fraction of sp³-hybridized carbons (Fsp3) is 0.714. The van der Waals surface area contributed by atoms with Gasteiger partial charge in [-0.2, -0.15) is 5.10 Å². The average Bonchev–Trinajstić information content (AvgIpc) is 3.09. The Morgan fingerprint density at radius 2 is 2.15 bits per heavy atom. The van der Waals surface area contributed by atoms with Crippen LogP contribution in [0, 0.1) is 0 Å². The summed E-state index contributed by atoms with van der Waals surface area (Å²) in [5, 5.41) is 6.92. The third kappa shape index (κ3) is 2.89. The lowest BCUT2D eigenvalue weighted by Gasteiger charge is -2.27.